The third kappa shape index (κ3) is 5.39. The van der Waals surface area contributed by atoms with Crippen LogP contribution >= 0.6 is 0 Å². The smallest absolute Gasteiger partial charge is 0.241 e. The Kier molecular flexibility index (Phi) is 5.78. The first-order valence-electron chi connectivity index (χ1n) is 5.72. The second-order valence-corrected chi connectivity index (χ2v) is 3.78. The highest BCUT2D eigenvalue weighted by Crippen LogP contribution is 1.92. The predicted molar refractivity (Wildman–Crippen MR) is 64.5 cm³/mol. The van der Waals surface area contributed by atoms with Gasteiger partial charge in [-0.05, 0) is 6.54 Å². The van der Waals surface area contributed by atoms with Gasteiger partial charge in [-0.25, -0.2) is 4.68 Å². The van der Waals surface area contributed by atoms with E-state index in [0.717, 1.165) is 5.69 Å². The van der Waals surface area contributed by atoms with Crippen LogP contribution in [0.25, 0.3) is 0 Å². The van der Waals surface area contributed by atoms with Crippen LogP contribution in [0.4, 0.5) is 0 Å². The summed E-state index contributed by atoms with van der Waals surface area (Å²) in [4.78, 5) is 22.1. The molecule has 1 aromatic rings. The molecular formula is C10H18N6O2. The van der Waals surface area contributed by atoms with Gasteiger partial charge in [0.05, 0.1) is 5.69 Å². The Morgan fingerprint density at radius 3 is 2.78 bits per heavy atom. The summed E-state index contributed by atoms with van der Waals surface area (Å²) in [5.41, 5.74) is 6.15. The van der Waals surface area contributed by atoms with Crippen LogP contribution in [0.5, 0.6) is 0 Å². The zero-order chi connectivity index (χ0) is 13.4. The molecule has 0 saturated carbocycles. The number of nitrogens with one attached hydrogen (secondary N) is 2. The molecule has 0 bridgehead atoms. The number of hydrogen-bond donors (Lipinski definition) is 3. The van der Waals surface area contributed by atoms with Gasteiger partial charge >= 0.3 is 0 Å². The molecule has 0 fully saturated rings. The summed E-state index contributed by atoms with van der Waals surface area (Å²) in [5.74, 6) is -0.295. The Morgan fingerprint density at radius 1 is 1.39 bits per heavy atom. The van der Waals surface area contributed by atoms with Gasteiger partial charge in [-0.1, -0.05) is 5.21 Å². The minimum Gasteiger partial charge on any atom is -0.355 e. The van der Waals surface area contributed by atoms with Gasteiger partial charge in [0.2, 0.25) is 11.8 Å². The molecule has 8 nitrogen and oxygen atoms in total. The van der Waals surface area contributed by atoms with E-state index in [1.54, 1.807) is 6.20 Å². The number of hydrogen-bond acceptors (Lipinski definition) is 5. The van der Waals surface area contributed by atoms with E-state index in [1.165, 1.54) is 11.6 Å². The second-order valence-electron chi connectivity index (χ2n) is 3.78. The molecule has 2 amide bonds. The van der Waals surface area contributed by atoms with Crippen molar-refractivity contribution in [1.82, 2.24) is 25.6 Å². The normalized spacial score (nSPS) is 10.1. The first-order valence-corrected chi connectivity index (χ1v) is 5.72. The molecule has 1 rings (SSSR count). The summed E-state index contributed by atoms with van der Waals surface area (Å²) in [7, 11) is 0. The SMILES string of the molecule is CC(=O)NCCNC(=O)Cn1cc(CCN)nn1. The lowest BCUT2D eigenvalue weighted by Gasteiger charge is -2.05. The van der Waals surface area contributed by atoms with Crippen LogP contribution in [-0.4, -0.2) is 46.4 Å². The van der Waals surface area contributed by atoms with Crippen LogP contribution in [0.3, 0.4) is 0 Å². The third-order valence-corrected chi connectivity index (χ3v) is 2.11. The Balaban J connectivity index is 2.24. The summed E-state index contributed by atoms with van der Waals surface area (Å²) in [6, 6.07) is 0. The first-order chi connectivity index (χ1) is 8.61. The molecule has 0 aliphatic heterocycles. The number of nitrogens with two attached hydrogens (primary N) is 1. The minimum absolute atomic E-state index is 0.109. The molecule has 18 heavy (non-hydrogen) atoms. The lowest BCUT2D eigenvalue weighted by atomic mass is 10.3. The Hall–Kier alpha value is -1.96. The Bertz CT molecular complexity index is 403. The fraction of sp³-hybridized carbons (Fsp3) is 0.600. The standard InChI is InChI=1S/C10H18N6O2/c1-8(17)12-4-5-13-10(18)7-16-6-9(2-3-11)14-15-16/h6H,2-5,7,11H2,1H3,(H,12,17)(H,13,18). The molecule has 0 aliphatic carbocycles. The van der Waals surface area contributed by atoms with Gasteiger partial charge in [-0.15, -0.1) is 5.10 Å². The van der Waals surface area contributed by atoms with E-state index in [0.29, 0.717) is 26.1 Å². The Labute approximate surface area is 105 Å². The number of nitrogens with zero attached hydrogens (tertiary/aromatic N) is 3. The Morgan fingerprint density at radius 2 is 2.11 bits per heavy atom. The van der Waals surface area contributed by atoms with Crippen molar-refractivity contribution in [2.45, 2.75) is 19.9 Å². The van der Waals surface area contributed by atoms with E-state index >= 15 is 0 Å². The highest BCUT2D eigenvalue weighted by molar-refractivity contribution is 5.76. The van der Waals surface area contributed by atoms with Crippen LogP contribution in [0, 0.1) is 0 Å². The molecule has 0 unspecified atom stereocenters. The van der Waals surface area contributed by atoms with Crippen LogP contribution < -0.4 is 16.4 Å². The maximum Gasteiger partial charge on any atom is 0.241 e. The van der Waals surface area contributed by atoms with E-state index in [9.17, 15) is 9.59 Å². The van der Waals surface area contributed by atoms with Crippen molar-refractivity contribution in [3.05, 3.63) is 11.9 Å². The molecular weight excluding hydrogens is 236 g/mol. The monoisotopic (exact) mass is 254 g/mol. The van der Waals surface area contributed by atoms with Crippen molar-refractivity contribution in [3.8, 4) is 0 Å². The van der Waals surface area contributed by atoms with E-state index in [1.807, 2.05) is 0 Å². The van der Waals surface area contributed by atoms with E-state index < -0.39 is 0 Å². The minimum atomic E-state index is -0.176. The second kappa shape index (κ2) is 7.38. The lowest BCUT2D eigenvalue weighted by molar-refractivity contribution is -0.122. The molecule has 100 valence electrons. The number of amides is 2. The van der Waals surface area contributed by atoms with Gasteiger partial charge in [-0.3, -0.25) is 9.59 Å². The quantitative estimate of drug-likeness (QED) is 0.488. The highest BCUT2D eigenvalue weighted by atomic mass is 16.2. The molecule has 1 aromatic heterocycles. The molecule has 4 N–H and O–H groups in total. The summed E-state index contributed by atoms with van der Waals surface area (Å²) in [6.45, 7) is 2.84. The molecule has 0 aliphatic rings. The van der Waals surface area contributed by atoms with Crippen molar-refractivity contribution in [1.29, 1.82) is 0 Å². The van der Waals surface area contributed by atoms with Gasteiger partial charge < -0.3 is 16.4 Å². The average Bonchev–Trinajstić information content (AvgIpc) is 2.72. The molecule has 0 spiro atoms. The van der Waals surface area contributed by atoms with E-state index in [-0.39, 0.29) is 18.4 Å². The fourth-order valence-corrected chi connectivity index (χ4v) is 1.32. The maximum atomic E-state index is 11.5. The molecule has 0 saturated heterocycles. The van der Waals surface area contributed by atoms with Crippen molar-refractivity contribution >= 4 is 11.8 Å². The van der Waals surface area contributed by atoms with Crippen molar-refractivity contribution in [2.24, 2.45) is 5.73 Å². The van der Waals surface area contributed by atoms with Gasteiger partial charge in [0.25, 0.3) is 0 Å². The number of aromatic nitrogens is 3. The molecule has 1 heterocycles. The van der Waals surface area contributed by atoms with Crippen LogP contribution in [0.1, 0.15) is 12.6 Å². The topological polar surface area (TPSA) is 115 Å². The highest BCUT2D eigenvalue weighted by Gasteiger charge is 2.05. The first kappa shape index (κ1) is 14.1. The molecule has 8 heteroatoms. The van der Waals surface area contributed by atoms with Gasteiger partial charge in [0, 0.05) is 32.6 Å². The largest absolute Gasteiger partial charge is 0.355 e. The maximum absolute atomic E-state index is 11.5. The van der Waals surface area contributed by atoms with Crippen LogP contribution in [0.2, 0.25) is 0 Å². The van der Waals surface area contributed by atoms with Crippen LogP contribution in [-0.2, 0) is 22.6 Å². The van der Waals surface area contributed by atoms with Gasteiger partial charge in [0.15, 0.2) is 0 Å². The van der Waals surface area contributed by atoms with E-state index in [4.69, 9.17) is 5.73 Å². The summed E-state index contributed by atoms with van der Waals surface area (Å²) >= 11 is 0. The van der Waals surface area contributed by atoms with Crippen LogP contribution in [0.15, 0.2) is 6.20 Å². The zero-order valence-electron chi connectivity index (χ0n) is 10.3. The van der Waals surface area contributed by atoms with Crippen molar-refractivity contribution in [3.63, 3.8) is 0 Å². The summed E-state index contributed by atoms with van der Waals surface area (Å²) < 4.78 is 1.46. The molecule has 0 atom stereocenters. The average molecular weight is 254 g/mol. The molecule has 0 radical (unpaired) electrons. The number of rotatable bonds is 7. The predicted octanol–water partition coefficient (Wildman–Crippen LogP) is -1.97. The number of carbonyl (C=O) groups is 2. The van der Waals surface area contributed by atoms with Gasteiger partial charge in [-0.2, -0.15) is 0 Å². The summed E-state index contributed by atoms with van der Waals surface area (Å²) in [5, 5.41) is 12.9. The zero-order valence-corrected chi connectivity index (χ0v) is 10.3. The number of carbonyl (C=O) groups excluding carboxylic acids is 2. The molecule has 0 aromatic carbocycles. The van der Waals surface area contributed by atoms with Crippen molar-refractivity contribution < 1.29 is 9.59 Å². The van der Waals surface area contributed by atoms with E-state index in [2.05, 4.69) is 20.9 Å². The lowest BCUT2D eigenvalue weighted by Crippen LogP contribution is -2.35. The van der Waals surface area contributed by atoms with Gasteiger partial charge in [0.1, 0.15) is 6.54 Å². The third-order valence-electron chi connectivity index (χ3n) is 2.11. The fourth-order valence-electron chi connectivity index (χ4n) is 1.32. The van der Waals surface area contributed by atoms with Crippen molar-refractivity contribution in [2.75, 3.05) is 19.6 Å². The summed E-state index contributed by atoms with van der Waals surface area (Å²) in [6.07, 6.45) is 2.34.